The molecule has 3 saturated heterocycles. The van der Waals surface area contributed by atoms with Crippen molar-refractivity contribution in [2.75, 3.05) is 13.2 Å². The Morgan fingerprint density at radius 1 is 0.739 bits per heavy atom. The van der Waals surface area contributed by atoms with Crippen molar-refractivity contribution in [3.8, 4) is 0 Å². The highest BCUT2D eigenvalue weighted by atomic mass is 16.8. The van der Waals surface area contributed by atoms with Gasteiger partial charge in [0, 0.05) is 6.92 Å². The maximum absolute atomic E-state index is 12.3. The molecule has 3 aliphatic rings. The van der Waals surface area contributed by atoms with Gasteiger partial charge >= 0.3 is 0 Å². The molecule has 0 aromatic heterocycles. The lowest BCUT2D eigenvalue weighted by Crippen LogP contribution is -2.66. The van der Waals surface area contributed by atoms with E-state index < -0.39 is 136 Å². The van der Waals surface area contributed by atoms with E-state index in [1.807, 2.05) is 0 Å². The number of aliphatic hydroxyl groups is 11. The molecule has 20 heteroatoms. The molecule has 20 nitrogen and oxygen atoms in total. The van der Waals surface area contributed by atoms with E-state index in [4.69, 9.17) is 28.4 Å². The number of nitrogens with one attached hydrogen (secondary N) is 1. The molecule has 0 aromatic rings. The minimum atomic E-state index is -2.00. The van der Waals surface area contributed by atoms with Gasteiger partial charge in [-0.2, -0.15) is 0 Å². The predicted octanol–water partition coefficient (Wildman–Crippen LogP) is -7.71. The van der Waals surface area contributed by atoms with Crippen molar-refractivity contribution in [2.24, 2.45) is 0 Å². The quantitative estimate of drug-likeness (QED) is 0.0806. The molecule has 3 heterocycles. The van der Waals surface area contributed by atoms with Crippen LogP contribution in [-0.4, -0.2) is 198 Å². The first kappa shape index (κ1) is 38.9. The summed E-state index contributed by atoms with van der Waals surface area (Å²) in [6.07, 6.45) is -31.4. The first-order valence-corrected chi connectivity index (χ1v) is 14.6. The summed E-state index contributed by atoms with van der Waals surface area (Å²) >= 11 is 0. The highest BCUT2D eigenvalue weighted by molar-refractivity contribution is 5.77. The molecule has 268 valence electrons. The lowest BCUT2D eigenvalue weighted by atomic mass is 9.96. The van der Waals surface area contributed by atoms with Crippen molar-refractivity contribution in [2.45, 2.75) is 137 Å². The molecule has 0 aliphatic carbocycles. The molecule has 19 atom stereocenters. The van der Waals surface area contributed by atoms with Gasteiger partial charge in [-0.1, -0.05) is 0 Å². The molecule has 3 rings (SSSR count). The van der Waals surface area contributed by atoms with Crippen LogP contribution in [0.2, 0.25) is 0 Å². The van der Waals surface area contributed by atoms with Gasteiger partial charge in [-0.15, -0.1) is 0 Å². The summed E-state index contributed by atoms with van der Waals surface area (Å²) in [5.74, 6) is -0.801. The van der Waals surface area contributed by atoms with Crippen molar-refractivity contribution >= 4 is 12.2 Å². The molecular formula is C26H45NO19. The van der Waals surface area contributed by atoms with E-state index in [0.29, 0.717) is 0 Å². The van der Waals surface area contributed by atoms with Crippen LogP contribution >= 0.6 is 0 Å². The summed E-state index contributed by atoms with van der Waals surface area (Å²) in [4.78, 5) is 24.3. The Labute approximate surface area is 262 Å². The SMILES string of the molecule is CC(=O)N[C@@H](C=O)[C@@H](O[C@@H]1O[C@H](CO)[C@H](O)[C@H](O)[C@H]1O[C@@H]1O[C@@H](C)[C@@H](O)[C@@H](O)[C@@H]1O)[C@H](O[C@@H]1O[C@@H](C)[C@@H](O)[C@@H](O)[C@@H]1O)[C@H](O)CO. The second kappa shape index (κ2) is 16.7. The van der Waals surface area contributed by atoms with Gasteiger partial charge in [-0.3, -0.25) is 4.79 Å². The van der Waals surface area contributed by atoms with Crippen LogP contribution in [0.4, 0.5) is 0 Å². The summed E-state index contributed by atoms with van der Waals surface area (Å²) in [5.41, 5.74) is 0. The number of hydrogen-bond acceptors (Lipinski definition) is 19. The van der Waals surface area contributed by atoms with Crippen LogP contribution < -0.4 is 5.32 Å². The van der Waals surface area contributed by atoms with Crippen LogP contribution in [0, 0.1) is 0 Å². The molecule has 0 radical (unpaired) electrons. The molecule has 0 aromatic carbocycles. The minimum Gasteiger partial charge on any atom is -0.394 e. The smallest absolute Gasteiger partial charge is 0.217 e. The van der Waals surface area contributed by atoms with Gasteiger partial charge in [0.2, 0.25) is 5.91 Å². The van der Waals surface area contributed by atoms with Crippen LogP contribution in [0.25, 0.3) is 0 Å². The average Bonchev–Trinajstić information content (AvgIpc) is 3.02. The van der Waals surface area contributed by atoms with Gasteiger partial charge < -0.3 is 94.7 Å². The van der Waals surface area contributed by atoms with E-state index in [2.05, 4.69) is 5.32 Å². The summed E-state index contributed by atoms with van der Waals surface area (Å²) < 4.78 is 33.7. The first-order valence-electron chi connectivity index (χ1n) is 14.6. The number of amides is 1. The molecule has 3 aliphatic heterocycles. The number of ether oxygens (including phenoxy) is 6. The third kappa shape index (κ3) is 8.54. The Kier molecular flexibility index (Phi) is 14.1. The monoisotopic (exact) mass is 675 g/mol. The van der Waals surface area contributed by atoms with E-state index in [0.717, 1.165) is 6.92 Å². The third-order valence-electron chi connectivity index (χ3n) is 8.08. The minimum absolute atomic E-state index is 0.146. The molecule has 0 saturated carbocycles. The Bertz CT molecular complexity index is 979. The summed E-state index contributed by atoms with van der Waals surface area (Å²) in [6, 6.07) is -1.76. The maximum atomic E-state index is 12.3. The van der Waals surface area contributed by atoms with Gasteiger partial charge in [-0.25, -0.2) is 0 Å². The van der Waals surface area contributed by atoms with E-state index in [1.54, 1.807) is 0 Å². The Hall–Kier alpha value is -1.54. The molecule has 0 bridgehead atoms. The fraction of sp³-hybridized carbons (Fsp3) is 0.923. The van der Waals surface area contributed by atoms with Gasteiger partial charge in [0.15, 0.2) is 18.9 Å². The number of carbonyl (C=O) groups excluding carboxylic acids is 2. The molecule has 46 heavy (non-hydrogen) atoms. The van der Waals surface area contributed by atoms with E-state index in [1.165, 1.54) is 13.8 Å². The highest BCUT2D eigenvalue weighted by Crippen LogP contribution is 2.32. The highest BCUT2D eigenvalue weighted by Gasteiger charge is 2.53. The predicted molar refractivity (Wildman–Crippen MR) is 144 cm³/mol. The molecule has 0 spiro atoms. The fourth-order valence-corrected chi connectivity index (χ4v) is 5.31. The van der Waals surface area contributed by atoms with Crippen LogP contribution in [0.1, 0.15) is 20.8 Å². The third-order valence-corrected chi connectivity index (χ3v) is 8.08. The zero-order chi connectivity index (χ0) is 34.6. The molecule has 0 unspecified atom stereocenters. The summed E-state index contributed by atoms with van der Waals surface area (Å²) in [7, 11) is 0. The number of hydrogen-bond donors (Lipinski definition) is 12. The van der Waals surface area contributed by atoms with Crippen LogP contribution in [0.15, 0.2) is 0 Å². The zero-order valence-corrected chi connectivity index (χ0v) is 25.1. The van der Waals surface area contributed by atoms with Crippen molar-refractivity contribution in [1.82, 2.24) is 5.32 Å². The van der Waals surface area contributed by atoms with Crippen molar-refractivity contribution < 1.29 is 94.2 Å². The lowest BCUT2D eigenvalue weighted by Gasteiger charge is -2.47. The van der Waals surface area contributed by atoms with Gasteiger partial charge in [0.25, 0.3) is 0 Å². The van der Waals surface area contributed by atoms with E-state index >= 15 is 0 Å². The Morgan fingerprint density at radius 3 is 1.76 bits per heavy atom. The van der Waals surface area contributed by atoms with Gasteiger partial charge in [-0.05, 0) is 13.8 Å². The second-order valence-corrected chi connectivity index (χ2v) is 11.5. The van der Waals surface area contributed by atoms with Crippen molar-refractivity contribution in [3.63, 3.8) is 0 Å². The number of carbonyl (C=O) groups is 2. The fourth-order valence-electron chi connectivity index (χ4n) is 5.31. The second-order valence-electron chi connectivity index (χ2n) is 11.5. The maximum Gasteiger partial charge on any atom is 0.217 e. The van der Waals surface area contributed by atoms with E-state index in [9.17, 15) is 65.8 Å². The standard InChI is InChI=1S/C26H45NO19/c1-7-13(33)16(36)19(39)24(41-7)45-22(11(32)5-29)21(10(4-28)27-9(3)31)44-26-23(18(38)15(35)12(6-30)43-26)46-25-20(40)17(37)14(34)8(2)42-25/h4,7-8,10-26,29-30,32-40H,5-6H2,1-3H3,(H,27,31)/t7-,8-,10-,11+,12+,13+,14+,15-,16+,17+,18-,19-,20-,21+,22+,23+,24-,25-,26-/m0/s1. The molecular weight excluding hydrogens is 630 g/mol. The zero-order valence-electron chi connectivity index (χ0n) is 25.1. The van der Waals surface area contributed by atoms with Gasteiger partial charge in [0.05, 0.1) is 25.4 Å². The van der Waals surface area contributed by atoms with Crippen LogP contribution in [0.5, 0.6) is 0 Å². The largest absolute Gasteiger partial charge is 0.394 e. The topological polar surface area (TPSA) is 324 Å². The Balaban J connectivity index is 2.02. The van der Waals surface area contributed by atoms with Crippen molar-refractivity contribution in [3.05, 3.63) is 0 Å². The lowest BCUT2D eigenvalue weighted by molar-refractivity contribution is -0.378. The summed E-state index contributed by atoms with van der Waals surface area (Å²) in [6.45, 7) is 1.70. The van der Waals surface area contributed by atoms with Crippen LogP contribution in [0.3, 0.4) is 0 Å². The summed E-state index contributed by atoms with van der Waals surface area (Å²) in [5, 5.41) is 116. The van der Waals surface area contributed by atoms with Crippen LogP contribution in [-0.2, 0) is 38.0 Å². The number of aldehydes is 1. The Morgan fingerprint density at radius 2 is 1.26 bits per heavy atom. The molecule has 3 fully saturated rings. The van der Waals surface area contributed by atoms with Crippen molar-refractivity contribution in [1.29, 1.82) is 0 Å². The first-order chi connectivity index (χ1) is 21.6. The van der Waals surface area contributed by atoms with E-state index in [-0.39, 0.29) is 6.29 Å². The van der Waals surface area contributed by atoms with Gasteiger partial charge in [0.1, 0.15) is 91.7 Å². The normalized spacial score (nSPS) is 44.5. The number of rotatable bonds is 13. The molecule has 12 N–H and O–H groups in total. The number of aliphatic hydroxyl groups excluding tert-OH is 11. The molecule has 1 amide bonds. The average molecular weight is 676 g/mol.